The highest BCUT2D eigenvalue weighted by Crippen LogP contribution is 1.98. The van der Waals surface area contributed by atoms with E-state index in [0.717, 1.165) is 0 Å². The molecule has 0 aromatic heterocycles. The first kappa shape index (κ1) is 8.88. The SMILES string of the molecule is Cl.N[C@@H]1COCC(=O)C1. The summed E-state index contributed by atoms with van der Waals surface area (Å²) in [4.78, 5) is 10.5. The molecule has 2 N–H and O–H groups in total. The van der Waals surface area contributed by atoms with Crippen LogP contribution in [-0.2, 0) is 9.53 Å². The Morgan fingerprint density at radius 3 is 2.67 bits per heavy atom. The van der Waals surface area contributed by atoms with E-state index in [0.29, 0.717) is 13.0 Å². The minimum atomic E-state index is -0.0590. The summed E-state index contributed by atoms with van der Waals surface area (Å²) >= 11 is 0. The van der Waals surface area contributed by atoms with Crippen molar-refractivity contribution in [2.75, 3.05) is 13.2 Å². The summed E-state index contributed by atoms with van der Waals surface area (Å²) in [6.45, 7) is 0.791. The lowest BCUT2D eigenvalue weighted by Crippen LogP contribution is -2.35. The van der Waals surface area contributed by atoms with Gasteiger partial charge in [0.05, 0.1) is 6.61 Å². The number of carbonyl (C=O) groups is 1. The number of ether oxygens (including phenoxy) is 1. The van der Waals surface area contributed by atoms with Gasteiger partial charge < -0.3 is 10.5 Å². The van der Waals surface area contributed by atoms with Crippen molar-refractivity contribution in [3.05, 3.63) is 0 Å². The summed E-state index contributed by atoms with van der Waals surface area (Å²) in [7, 11) is 0. The van der Waals surface area contributed by atoms with E-state index in [1.165, 1.54) is 0 Å². The van der Waals surface area contributed by atoms with E-state index in [9.17, 15) is 4.79 Å². The summed E-state index contributed by atoms with van der Waals surface area (Å²) in [6.07, 6.45) is 0.486. The number of carbonyl (C=O) groups excluding carboxylic acids is 1. The molecule has 1 saturated heterocycles. The quantitative estimate of drug-likeness (QED) is 0.519. The van der Waals surface area contributed by atoms with Gasteiger partial charge in [-0.3, -0.25) is 4.79 Å². The van der Waals surface area contributed by atoms with E-state index in [4.69, 9.17) is 10.5 Å². The predicted molar refractivity (Wildman–Crippen MR) is 35.7 cm³/mol. The van der Waals surface area contributed by atoms with Crippen molar-refractivity contribution in [1.82, 2.24) is 0 Å². The molecule has 0 unspecified atom stereocenters. The van der Waals surface area contributed by atoms with E-state index in [1.807, 2.05) is 0 Å². The average Bonchev–Trinajstić information content (AvgIpc) is 1.64. The van der Waals surface area contributed by atoms with Crippen molar-refractivity contribution in [1.29, 1.82) is 0 Å². The van der Waals surface area contributed by atoms with Gasteiger partial charge in [-0.25, -0.2) is 0 Å². The van der Waals surface area contributed by atoms with Crippen molar-refractivity contribution in [2.24, 2.45) is 5.73 Å². The summed E-state index contributed by atoms with van der Waals surface area (Å²) in [5.74, 6) is 0.115. The second-order valence-corrected chi connectivity index (χ2v) is 2.02. The molecule has 1 aliphatic rings. The van der Waals surface area contributed by atoms with Crippen LogP contribution in [0.2, 0.25) is 0 Å². The lowest BCUT2D eigenvalue weighted by Gasteiger charge is -2.15. The lowest BCUT2D eigenvalue weighted by molar-refractivity contribution is -0.127. The first-order valence-corrected chi connectivity index (χ1v) is 2.64. The molecule has 0 aromatic carbocycles. The Morgan fingerprint density at radius 1 is 1.67 bits per heavy atom. The van der Waals surface area contributed by atoms with E-state index in [2.05, 4.69) is 0 Å². The topological polar surface area (TPSA) is 52.3 Å². The average molecular weight is 152 g/mol. The predicted octanol–water partition coefficient (Wildman–Crippen LogP) is -0.275. The van der Waals surface area contributed by atoms with Gasteiger partial charge in [0, 0.05) is 12.5 Å². The Kier molecular flexibility index (Phi) is 3.77. The fourth-order valence-corrected chi connectivity index (χ4v) is 0.734. The zero-order valence-electron chi connectivity index (χ0n) is 5.00. The largest absolute Gasteiger partial charge is 0.372 e. The van der Waals surface area contributed by atoms with Gasteiger partial charge in [0.15, 0.2) is 5.78 Å². The molecule has 1 aliphatic heterocycles. The monoisotopic (exact) mass is 151 g/mol. The number of halogens is 1. The van der Waals surface area contributed by atoms with Crippen LogP contribution in [-0.4, -0.2) is 25.0 Å². The van der Waals surface area contributed by atoms with Gasteiger partial charge in [0.25, 0.3) is 0 Å². The molecule has 0 saturated carbocycles. The molecule has 4 heteroatoms. The van der Waals surface area contributed by atoms with E-state index < -0.39 is 0 Å². The van der Waals surface area contributed by atoms with Crippen LogP contribution in [0.15, 0.2) is 0 Å². The van der Waals surface area contributed by atoms with Crippen LogP contribution in [0.4, 0.5) is 0 Å². The number of Topliss-reactive ketones (excluding diaryl/α,β-unsaturated/α-hetero) is 1. The van der Waals surface area contributed by atoms with Crippen molar-refractivity contribution < 1.29 is 9.53 Å². The van der Waals surface area contributed by atoms with Gasteiger partial charge in [0.1, 0.15) is 6.61 Å². The van der Waals surface area contributed by atoms with Crippen molar-refractivity contribution in [3.63, 3.8) is 0 Å². The van der Waals surface area contributed by atoms with Crippen LogP contribution in [0.3, 0.4) is 0 Å². The van der Waals surface area contributed by atoms with Crippen LogP contribution in [0.1, 0.15) is 6.42 Å². The fraction of sp³-hybridized carbons (Fsp3) is 0.800. The molecule has 54 valence electrons. The molecule has 1 heterocycles. The van der Waals surface area contributed by atoms with Crippen molar-refractivity contribution in [3.8, 4) is 0 Å². The first-order valence-electron chi connectivity index (χ1n) is 2.64. The molecule has 0 bridgehead atoms. The maximum Gasteiger partial charge on any atom is 0.160 e. The summed E-state index contributed by atoms with van der Waals surface area (Å²) in [5.41, 5.74) is 5.38. The highest BCUT2D eigenvalue weighted by Gasteiger charge is 2.15. The Hall–Kier alpha value is -0.120. The molecule has 0 amide bonds. The molecule has 0 spiro atoms. The molecule has 0 radical (unpaired) electrons. The Labute approximate surface area is 60.0 Å². The maximum atomic E-state index is 10.5. The molecule has 9 heavy (non-hydrogen) atoms. The molecule has 1 rings (SSSR count). The number of ketones is 1. The molecular weight excluding hydrogens is 142 g/mol. The summed E-state index contributed by atoms with van der Waals surface area (Å²) in [5, 5.41) is 0. The van der Waals surface area contributed by atoms with Crippen LogP contribution in [0.25, 0.3) is 0 Å². The Balaban J connectivity index is 0.000000640. The number of nitrogens with two attached hydrogens (primary N) is 1. The number of hydrogen-bond acceptors (Lipinski definition) is 3. The van der Waals surface area contributed by atoms with E-state index in [1.54, 1.807) is 0 Å². The second kappa shape index (κ2) is 3.82. The Bertz CT molecular complexity index is 107. The zero-order chi connectivity index (χ0) is 5.98. The van der Waals surface area contributed by atoms with E-state index in [-0.39, 0.29) is 30.8 Å². The van der Waals surface area contributed by atoms with Gasteiger partial charge in [0.2, 0.25) is 0 Å². The third kappa shape index (κ3) is 2.79. The molecular formula is C5H10ClNO2. The lowest BCUT2D eigenvalue weighted by atomic mass is 10.1. The van der Waals surface area contributed by atoms with Gasteiger partial charge >= 0.3 is 0 Å². The molecule has 0 aromatic rings. The number of hydrogen-bond donors (Lipinski definition) is 1. The standard InChI is InChI=1S/C5H9NO2.ClH/c6-4-1-5(7)3-8-2-4;/h4H,1-3,6H2;1H/t4-;/m0./s1. The van der Waals surface area contributed by atoms with Crippen molar-refractivity contribution >= 4 is 18.2 Å². The molecule has 0 aliphatic carbocycles. The van der Waals surface area contributed by atoms with Gasteiger partial charge in [-0.1, -0.05) is 0 Å². The molecule has 1 atom stereocenters. The summed E-state index contributed by atoms with van der Waals surface area (Å²) < 4.78 is 4.82. The smallest absolute Gasteiger partial charge is 0.160 e. The number of rotatable bonds is 0. The highest BCUT2D eigenvalue weighted by atomic mass is 35.5. The minimum absolute atomic E-state index is 0. The third-order valence-electron chi connectivity index (χ3n) is 1.08. The third-order valence-corrected chi connectivity index (χ3v) is 1.08. The highest BCUT2D eigenvalue weighted by molar-refractivity contribution is 5.85. The van der Waals surface area contributed by atoms with Crippen molar-refractivity contribution in [2.45, 2.75) is 12.5 Å². The Morgan fingerprint density at radius 2 is 2.33 bits per heavy atom. The minimum Gasteiger partial charge on any atom is -0.372 e. The summed E-state index contributed by atoms with van der Waals surface area (Å²) in [6, 6.07) is -0.0590. The van der Waals surface area contributed by atoms with E-state index >= 15 is 0 Å². The first-order chi connectivity index (χ1) is 3.79. The van der Waals surface area contributed by atoms with Crippen LogP contribution < -0.4 is 5.73 Å². The van der Waals surface area contributed by atoms with Crippen LogP contribution in [0, 0.1) is 0 Å². The van der Waals surface area contributed by atoms with Gasteiger partial charge in [-0.15, -0.1) is 12.4 Å². The zero-order valence-corrected chi connectivity index (χ0v) is 5.82. The second-order valence-electron chi connectivity index (χ2n) is 2.02. The van der Waals surface area contributed by atoms with Crippen LogP contribution in [0.5, 0.6) is 0 Å². The van der Waals surface area contributed by atoms with Gasteiger partial charge in [-0.05, 0) is 0 Å². The molecule has 1 fully saturated rings. The van der Waals surface area contributed by atoms with Crippen LogP contribution >= 0.6 is 12.4 Å². The molecule has 3 nitrogen and oxygen atoms in total. The normalized spacial score (nSPS) is 27.2. The fourth-order valence-electron chi connectivity index (χ4n) is 0.734. The van der Waals surface area contributed by atoms with Gasteiger partial charge in [-0.2, -0.15) is 0 Å². The maximum absolute atomic E-state index is 10.5.